The van der Waals surface area contributed by atoms with Crippen molar-refractivity contribution in [1.82, 2.24) is 18.7 Å². The number of nitrogens with two attached hydrogens (primary N) is 1. The van der Waals surface area contributed by atoms with Crippen LogP contribution in [0, 0.1) is 0 Å². The standard InChI is InChI=1S/C15H25N5O2/c1-5-7-11-17-13-12(19(11)9-8-16)14(21)18(6-2)15(22)20(13)10(3)4/h10H,5-9,16H2,1-4H3. The zero-order valence-electron chi connectivity index (χ0n) is 13.8. The van der Waals surface area contributed by atoms with Gasteiger partial charge in [0.25, 0.3) is 5.56 Å². The van der Waals surface area contributed by atoms with Gasteiger partial charge in [-0.05, 0) is 27.2 Å². The van der Waals surface area contributed by atoms with Gasteiger partial charge in [-0.3, -0.25) is 13.9 Å². The lowest BCUT2D eigenvalue weighted by atomic mass is 10.3. The van der Waals surface area contributed by atoms with Crippen molar-refractivity contribution in [3.05, 3.63) is 26.7 Å². The Morgan fingerprint density at radius 2 is 1.86 bits per heavy atom. The second-order valence-electron chi connectivity index (χ2n) is 5.69. The largest absolute Gasteiger partial charge is 0.332 e. The van der Waals surface area contributed by atoms with E-state index in [0.717, 1.165) is 18.7 Å². The minimum absolute atomic E-state index is 0.0656. The number of hydrogen-bond acceptors (Lipinski definition) is 4. The highest BCUT2D eigenvalue weighted by Crippen LogP contribution is 2.16. The van der Waals surface area contributed by atoms with Crippen LogP contribution in [0.5, 0.6) is 0 Å². The van der Waals surface area contributed by atoms with Gasteiger partial charge in [-0.25, -0.2) is 9.78 Å². The van der Waals surface area contributed by atoms with Crippen molar-refractivity contribution in [2.75, 3.05) is 6.54 Å². The van der Waals surface area contributed by atoms with Gasteiger partial charge in [0.05, 0.1) is 0 Å². The summed E-state index contributed by atoms with van der Waals surface area (Å²) >= 11 is 0. The molecule has 0 bridgehead atoms. The molecule has 0 unspecified atom stereocenters. The van der Waals surface area contributed by atoms with Gasteiger partial charge in [0.1, 0.15) is 5.82 Å². The summed E-state index contributed by atoms with van der Waals surface area (Å²) in [6, 6.07) is -0.0656. The average molecular weight is 307 g/mol. The summed E-state index contributed by atoms with van der Waals surface area (Å²) in [6.45, 7) is 9.01. The van der Waals surface area contributed by atoms with Crippen LogP contribution in [0.25, 0.3) is 11.2 Å². The highest BCUT2D eigenvalue weighted by Gasteiger charge is 2.21. The Hall–Kier alpha value is -1.89. The maximum atomic E-state index is 12.7. The third-order valence-corrected chi connectivity index (χ3v) is 3.80. The molecule has 2 rings (SSSR count). The molecule has 0 atom stereocenters. The molecule has 0 saturated heterocycles. The number of aryl methyl sites for hydroxylation is 1. The average Bonchev–Trinajstić information content (AvgIpc) is 2.78. The number of fused-ring (bicyclic) bond motifs is 1. The first-order chi connectivity index (χ1) is 10.5. The Balaban J connectivity index is 2.99. The molecule has 0 aromatic carbocycles. The van der Waals surface area contributed by atoms with Crippen molar-refractivity contribution in [1.29, 1.82) is 0 Å². The minimum Gasteiger partial charge on any atom is -0.329 e. The zero-order valence-corrected chi connectivity index (χ0v) is 13.8. The maximum absolute atomic E-state index is 12.7. The number of aromatic nitrogens is 4. The van der Waals surface area contributed by atoms with E-state index in [4.69, 9.17) is 5.73 Å². The normalized spacial score (nSPS) is 11.7. The summed E-state index contributed by atoms with van der Waals surface area (Å²) < 4.78 is 4.75. The van der Waals surface area contributed by atoms with E-state index in [-0.39, 0.29) is 17.3 Å². The Labute approximate surface area is 129 Å². The van der Waals surface area contributed by atoms with Crippen molar-refractivity contribution in [3.63, 3.8) is 0 Å². The second kappa shape index (κ2) is 6.48. The van der Waals surface area contributed by atoms with Crippen LogP contribution in [0.2, 0.25) is 0 Å². The molecule has 7 heteroatoms. The Morgan fingerprint density at radius 1 is 1.18 bits per heavy atom. The van der Waals surface area contributed by atoms with Gasteiger partial charge in [-0.1, -0.05) is 6.92 Å². The smallest absolute Gasteiger partial charge is 0.329 e. The van der Waals surface area contributed by atoms with Crippen LogP contribution in [-0.2, 0) is 19.5 Å². The van der Waals surface area contributed by atoms with Gasteiger partial charge in [0.15, 0.2) is 11.2 Å². The van der Waals surface area contributed by atoms with Gasteiger partial charge < -0.3 is 10.3 Å². The molecule has 0 aliphatic heterocycles. The molecule has 0 amide bonds. The van der Waals surface area contributed by atoms with E-state index < -0.39 is 0 Å². The molecule has 0 fully saturated rings. The first-order valence-corrected chi connectivity index (χ1v) is 7.92. The minimum atomic E-state index is -0.296. The highest BCUT2D eigenvalue weighted by atomic mass is 16.2. The van der Waals surface area contributed by atoms with E-state index >= 15 is 0 Å². The molecule has 2 heterocycles. The lowest BCUT2D eigenvalue weighted by molar-refractivity contribution is 0.532. The van der Waals surface area contributed by atoms with Crippen molar-refractivity contribution in [2.24, 2.45) is 5.73 Å². The molecule has 2 N–H and O–H groups in total. The molecule has 22 heavy (non-hydrogen) atoms. The van der Waals surface area contributed by atoms with Gasteiger partial charge in [-0.15, -0.1) is 0 Å². The zero-order chi connectivity index (χ0) is 16.4. The predicted molar refractivity (Wildman–Crippen MR) is 87.4 cm³/mol. The van der Waals surface area contributed by atoms with Crippen LogP contribution in [0.1, 0.15) is 46.0 Å². The van der Waals surface area contributed by atoms with Crippen molar-refractivity contribution < 1.29 is 0 Å². The molecule has 7 nitrogen and oxygen atoms in total. The van der Waals surface area contributed by atoms with Crippen LogP contribution < -0.4 is 17.0 Å². The van der Waals surface area contributed by atoms with Crippen molar-refractivity contribution in [3.8, 4) is 0 Å². The van der Waals surface area contributed by atoms with Gasteiger partial charge in [-0.2, -0.15) is 0 Å². The lowest BCUT2D eigenvalue weighted by Crippen LogP contribution is -2.41. The fraction of sp³-hybridized carbons (Fsp3) is 0.667. The molecule has 2 aromatic rings. The topological polar surface area (TPSA) is 87.8 Å². The molecule has 0 spiro atoms. The van der Waals surface area contributed by atoms with Crippen LogP contribution in [0.4, 0.5) is 0 Å². The third kappa shape index (κ3) is 2.49. The number of hydrogen-bond donors (Lipinski definition) is 1. The van der Waals surface area contributed by atoms with Gasteiger partial charge in [0, 0.05) is 32.1 Å². The van der Waals surface area contributed by atoms with E-state index in [1.807, 2.05) is 18.4 Å². The molecule has 0 radical (unpaired) electrons. The number of imidazole rings is 1. The van der Waals surface area contributed by atoms with Gasteiger partial charge in [0.2, 0.25) is 0 Å². The lowest BCUT2D eigenvalue weighted by Gasteiger charge is -2.14. The van der Waals surface area contributed by atoms with E-state index in [0.29, 0.717) is 30.8 Å². The fourth-order valence-corrected chi connectivity index (χ4v) is 2.83. The monoisotopic (exact) mass is 307 g/mol. The maximum Gasteiger partial charge on any atom is 0.332 e. The molecule has 122 valence electrons. The predicted octanol–water partition coefficient (Wildman–Crippen LogP) is 0.872. The SMILES string of the molecule is CCCc1nc2c(c(=O)n(CC)c(=O)n2C(C)C)n1CCN. The Bertz CT molecular complexity index is 782. The molecule has 0 saturated carbocycles. The highest BCUT2D eigenvalue weighted by molar-refractivity contribution is 5.71. The molecular weight excluding hydrogens is 282 g/mol. The van der Waals surface area contributed by atoms with Crippen molar-refractivity contribution >= 4 is 11.2 Å². The summed E-state index contributed by atoms with van der Waals surface area (Å²) in [6.07, 6.45) is 1.67. The quantitative estimate of drug-likeness (QED) is 0.858. The fourth-order valence-electron chi connectivity index (χ4n) is 2.83. The van der Waals surface area contributed by atoms with Crippen LogP contribution in [0.3, 0.4) is 0 Å². The first-order valence-electron chi connectivity index (χ1n) is 7.92. The van der Waals surface area contributed by atoms with Crippen LogP contribution >= 0.6 is 0 Å². The number of nitrogens with zero attached hydrogens (tertiary/aromatic N) is 4. The van der Waals surface area contributed by atoms with Crippen LogP contribution in [-0.4, -0.2) is 25.2 Å². The van der Waals surface area contributed by atoms with Crippen LogP contribution in [0.15, 0.2) is 9.59 Å². The first kappa shape index (κ1) is 16.5. The molecule has 2 aromatic heterocycles. The Kier molecular flexibility index (Phi) is 4.85. The summed E-state index contributed by atoms with van der Waals surface area (Å²) in [5, 5.41) is 0. The Morgan fingerprint density at radius 3 is 2.36 bits per heavy atom. The summed E-state index contributed by atoms with van der Waals surface area (Å²) in [4.78, 5) is 29.9. The van der Waals surface area contributed by atoms with E-state index in [2.05, 4.69) is 11.9 Å². The van der Waals surface area contributed by atoms with Gasteiger partial charge >= 0.3 is 5.69 Å². The van der Waals surface area contributed by atoms with E-state index in [9.17, 15) is 9.59 Å². The molecule has 0 aliphatic carbocycles. The third-order valence-electron chi connectivity index (χ3n) is 3.80. The summed E-state index contributed by atoms with van der Waals surface area (Å²) in [5.41, 5.74) is 6.10. The molecule has 0 aliphatic rings. The second-order valence-corrected chi connectivity index (χ2v) is 5.69. The summed E-state index contributed by atoms with van der Waals surface area (Å²) in [5.74, 6) is 0.822. The van der Waals surface area contributed by atoms with E-state index in [1.165, 1.54) is 4.57 Å². The summed E-state index contributed by atoms with van der Waals surface area (Å²) in [7, 11) is 0. The van der Waals surface area contributed by atoms with Crippen molar-refractivity contribution in [2.45, 2.75) is 59.7 Å². The molecular formula is C15H25N5O2. The van der Waals surface area contributed by atoms with E-state index in [1.54, 1.807) is 11.5 Å². The number of rotatable bonds is 6.